The molecule has 0 saturated heterocycles. The van der Waals surface area contributed by atoms with Crippen molar-refractivity contribution in [3.8, 4) is 0 Å². The predicted octanol–water partition coefficient (Wildman–Crippen LogP) is 1.70. The highest BCUT2D eigenvalue weighted by Crippen LogP contribution is 2.11. The molecule has 0 unspecified atom stereocenters. The SMILES string of the molecule is CC.Cc1cnc(N)c(C(=O)N(C)C)c1. The molecule has 0 aromatic carbocycles. The molecule has 0 bridgehead atoms. The molecule has 1 aromatic rings. The van der Waals surface area contributed by atoms with Crippen molar-refractivity contribution in [1.29, 1.82) is 0 Å². The van der Waals surface area contributed by atoms with Crippen LogP contribution in [0.25, 0.3) is 0 Å². The lowest BCUT2D eigenvalue weighted by Gasteiger charge is -2.11. The van der Waals surface area contributed by atoms with Crippen LogP contribution in [0, 0.1) is 6.92 Å². The van der Waals surface area contributed by atoms with Gasteiger partial charge in [0, 0.05) is 20.3 Å². The van der Waals surface area contributed by atoms with Gasteiger partial charge in [0.15, 0.2) is 0 Å². The molecule has 0 radical (unpaired) electrons. The molecule has 2 N–H and O–H groups in total. The maximum absolute atomic E-state index is 11.5. The van der Waals surface area contributed by atoms with Crippen LogP contribution in [0.5, 0.6) is 0 Å². The first-order valence-corrected chi connectivity index (χ1v) is 4.96. The summed E-state index contributed by atoms with van der Waals surface area (Å²) in [5.74, 6) is 0.165. The van der Waals surface area contributed by atoms with Crippen LogP contribution in [0.2, 0.25) is 0 Å². The molecule has 1 rings (SSSR count). The fourth-order valence-corrected chi connectivity index (χ4v) is 0.992. The van der Waals surface area contributed by atoms with Gasteiger partial charge in [0.25, 0.3) is 5.91 Å². The fraction of sp³-hybridized carbons (Fsp3) is 0.455. The van der Waals surface area contributed by atoms with Crippen LogP contribution in [0.1, 0.15) is 29.8 Å². The third-order valence-corrected chi connectivity index (χ3v) is 1.69. The van der Waals surface area contributed by atoms with Crippen molar-refractivity contribution in [2.45, 2.75) is 20.8 Å². The van der Waals surface area contributed by atoms with Crippen molar-refractivity contribution in [2.75, 3.05) is 19.8 Å². The second-order valence-corrected chi connectivity index (χ2v) is 3.15. The number of nitrogens with two attached hydrogens (primary N) is 1. The Bertz CT molecular complexity index is 335. The molecular weight excluding hydrogens is 190 g/mol. The van der Waals surface area contributed by atoms with E-state index in [0.717, 1.165) is 5.56 Å². The molecule has 0 saturated carbocycles. The summed E-state index contributed by atoms with van der Waals surface area (Å²) in [6, 6.07) is 1.74. The molecule has 1 aromatic heterocycles. The van der Waals surface area contributed by atoms with Gasteiger partial charge in [-0.25, -0.2) is 4.98 Å². The summed E-state index contributed by atoms with van der Waals surface area (Å²) >= 11 is 0. The van der Waals surface area contributed by atoms with E-state index in [0.29, 0.717) is 5.56 Å². The number of carbonyl (C=O) groups is 1. The molecule has 0 atom stereocenters. The van der Waals surface area contributed by atoms with E-state index < -0.39 is 0 Å². The summed E-state index contributed by atoms with van der Waals surface area (Å²) < 4.78 is 0. The minimum atomic E-state index is -0.117. The number of pyridine rings is 1. The molecule has 0 fully saturated rings. The lowest BCUT2D eigenvalue weighted by Crippen LogP contribution is -2.23. The Morgan fingerprint density at radius 2 is 1.93 bits per heavy atom. The molecular formula is C11H19N3O. The highest BCUT2D eigenvalue weighted by molar-refractivity contribution is 5.98. The van der Waals surface area contributed by atoms with E-state index in [-0.39, 0.29) is 11.7 Å². The Labute approximate surface area is 91.1 Å². The average Bonchev–Trinajstić information content (AvgIpc) is 2.23. The number of anilines is 1. The second kappa shape index (κ2) is 6.01. The van der Waals surface area contributed by atoms with Gasteiger partial charge in [-0.3, -0.25) is 4.79 Å². The molecule has 4 nitrogen and oxygen atoms in total. The minimum Gasteiger partial charge on any atom is -0.383 e. The van der Waals surface area contributed by atoms with Gasteiger partial charge in [-0.05, 0) is 18.6 Å². The molecule has 1 amide bonds. The quantitative estimate of drug-likeness (QED) is 0.765. The number of amides is 1. The van der Waals surface area contributed by atoms with Crippen LogP contribution in [-0.4, -0.2) is 29.9 Å². The van der Waals surface area contributed by atoms with Gasteiger partial charge >= 0.3 is 0 Å². The zero-order valence-corrected chi connectivity index (χ0v) is 10.0. The molecule has 0 aliphatic carbocycles. The maximum Gasteiger partial charge on any atom is 0.257 e. The minimum absolute atomic E-state index is 0.117. The number of hydrogen-bond donors (Lipinski definition) is 1. The van der Waals surface area contributed by atoms with Gasteiger partial charge < -0.3 is 10.6 Å². The Morgan fingerprint density at radius 3 is 2.40 bits per heavy atom. The summed E-state index contributed by atoms with van der Waals surface area (Å²) in [5, 5.41) is 0. The summed E-state index contributed by atoms with van der Waals surface area (Å²) in [7, 11) is 3.37. The Morgan fingerprint density at radius 1 is 1.40 bits per heavy atom. The number of rotatable bonds is 1. The van der Waals surface area contributed by atoms with Crippen LogP contribution >= 0.6 is 0 Å². The van der Waals surface area contributed by atoms with E-state index in [1.165, 1.54) is 4.90 Å². The van der Waals surface area contributed by atoms with E-state index in [2.05, 4.69) is 4.98 Å². The van der Waals surface area contributed by atoms with Crippen molar-refractivity contribution in [1.82, 2.24) is 9.88 Å². The molecule has 0 aliphatic rings. The summed E-state index contributed by atoms with van der Waals surface area (Å²) in [5.41, 5.74) is 6.96. The zero-order chi connectivity index (χ0) is 12.0. The van der Waals surface area contributed by atoms with Crippen molar-refractivity contribution in [3.63, 3.8) is 0 Å². The van der Waals surface area contributed by atoms with Gasteiger partial charge in [-0.1, -0.05) is 13.8 Å². The topological polar surface area (TPSA) is 59.2 Å². The first kappa shape index (κ1) is 13.4. The zero-order valence-electron chi connectivity index (χ0n) is 10.0. The van der Waals surface area contributed by atoms with Gasteiger partial charge in [0.1, 0.15) is 5.82 Å². The summed E-state index contributed by atoms with van der Waals surface area (Å²) in [6.45, 7) is 5.87. The number of aromatic nitrogens is 1. The van der Waals surface area contributed by atoms with Gasteiger partial charge in [-0.2, -0.15) is 0 Å². The van der Waals surface area contributed by atoms with E-state index in [1.807, 2.05) is 20.8 Å². The normalized spacial score (nSPS) is 8.87. The second-order valence-electron chi connectivity index (χ2n) is 3.15. The largest absolute Gasteiger partial charge is 0.383 e. The third kappa shape index (κ3) is 3.58. The van der Waals surface area contributed by atoms with Gasteiger partial charge in [-0.15, -0.1) is 0 Å². The van der Waals surface area contributed by atoms with Crippen LogP contribution in [-0.2, 0) is 0 Å². The number of aryl methyl sites for hydroxylation is 1. The lowest BCUT2D eigenvalue weighted by molar-refractivity contribution is 0.0828. The summed E-state index contributed by atoms with van der Waals surface area (Å²) in [4.78, 5) is 16.9. The number of hydrogen-bond acceptors (Lipinski definition) is 3. The van der Waals surface area contributed by atoms with Gasteiger partial charge in [0.05, 0.1) is 5.56 Å². The van der Waals surface area contributed by atoms with Crippen molar-refractivity contribution in [2.24, 2.45) is 0 Å². The van der Waals surface area contributed by atoms with E-state index in [4.69, 9.17) is 5.73 Å². The van der Waals surface area contributed by atoms with Crippen LogP contribution in [0.4, 0.5) is 5.82 Å². The first-order valence-electron chi connectivity index (χ1n) is 4.96. The van der Waals surface area contributed by atoms with Gasteiger partial charge in [0.2, 0.25) is 0 Å². The standard InChI is InChI=1S/C9H13N3O.C2H6/c1-6-4-7(8(10)11-5-6)9(13)12(2)3;1-2/h4-5H,1-3H3,(H2,10,11);1-2H3. The number of nitrogen functional groups attached to an aromatic ring is 1. The fourth-order valence-electron chi connectivity index (χ4n) is 0.992. The highest BCUT2D eigenvalue weighted by atomic mass is 16.2. The van der Waals surface area contributed by atoms with Crippen molar-refractivity contribution < 1.29 is 4.79 Å². The number of nitrogens with zero attached hydrogens (tertiary/aromatic N) is 2. The molecule has 0 spiro atoms. The molecule has 1 heterocycles. The predicted molar refractivity (Wildman–Crippen MR) is 62.8 cm³/mol. The van der Waals surface area contributed by atoms with Crippen molar-refractivity contribution in [3.05, 3.63) is 23.4 Å². The number of carbonyl (C=O) groups excluding carboxylic acids is 1. The highest BCUT2D eigenvalue weighted by Gasteiger charge is 2.12. The molecule has 4 heteroatoms. The first-order chi connectivity index (χ1) is 7.02. The Balaban J connectivity index is 0.000000921. The third-order valence-electron chi connectivity index (χ3n) is 1.69. The van der Waals surface area contributed by atoms with E-state index in [1.54, 1.807) is 26.4 Å². The summed E-state index contributed by atoms with van der Waals surface area (Å²) in [6.07, 6.45) is 1.64. The maximum atomic E-state index is 11.5. The Hall–Kier alpha value is -1.58. The van der Waals surface area contributed by atoms with E-state index >= 15 is 0 Å². The molecule has 15 heavy (non-hydrogen) atoms. The lowest BCUT2D eigenvalue weighted by atomic mass is 10.2. The molecule has 84 valence electrons. The Kier molecular flexibility index (Phi) is 5.37. The van der Waals surface area contributed by atoms with Crippen LogP contribution in [0.3, 0.4) is 0 Å². The van der Waals surface area contributed by atoms with Crippen LogP contribution < -0.4 is 5.73 Å². The monoisotopic (exact) mass is 209 g/mol. The van der Waals surface area contributed by atoms with Crippen molar-refractivity contribution >= 4 is 11.7 Å². The average molecular weight is 209 g/mol. The molecule has 0 aliphatic heterocycles. The smallest absolute Gasteiger partial charge is 0.257 e. The van der Waals surface area contributed by atoms with E-state index in [9.17, 15) is 4.79 Å². The van der Waals surface area contributed by atoms with Crippen LogP contribution in [0.15, 0.2) is 12.3 Å².